The zero-order valence-electron chi connectivity index (χ0n) is 15.3. The van der Waals surface area contributed by atoms with Gasteiger partial charge in [0.25, 0.3) is 21.0 Å². The summed E-state index contributed by atoms with van der Waals surface area (Å²) in [7, 11) is -3.42. The monoisotopic (exact) mass is 429 g/mol. The Hall–Kier alpha value is -3.22. The Labute approximate surface area is 162 Å². The Kier molecular flexibility index (Phi) is 4.94. The second-order valence-corrected chi connectivity index (χ2v) is 7.56. The van der Waals surface area contributed by atoms with E-state index in [-0.39, 0.29) is 16.9 Å². The lowest BCUT2D eigenvalue weighted by molar-refractivity contribution is -0.142. The molecule has 0 atom stereocenters. The first kappa shape index (κ1) is 20.5. The number of carbonyl (C=O) groups excluding carboxylic acids is 1. The van der Waals surface area contributed by atoms with Crippen LogP contribution in [0, 0.1) is 13.8 Å². The van der Waals surface area contributed by atoms with Crippen molar-refractivity contribution in [2.24, 2.45) is 0 Å². The van der Waals surface area contributed by atoms with Crippen LogP contribution in [0.4, 0.5) is 18.9 Å². The van der Waals surface area contributed by atoms with Crippen LogP contribution >= 0.6 is 0 Å². The molecular weight excluding hydrogens is 415 g/mol. The summed E-state index contributed by atoms with van der Waals surface area (Å²) < 4.78 is 72.3. The van der Waals surface area contributed by atoms with Crippen LogP contribution in [0.15, 0.2) is 29.4 Å². The summed E-state index contributed by atoms with van der Waals surface area (Å²) in [6.45, 7) is 2.85. The van der Waals surface area contributed by atoms with Gasteiger partial charge in [0.05, 0.1) is 18.4 Å². The smallest absolute Gasteiger partial charge is 0.433 e. The predicted octanol–water partition coefficient (Wildman–Crippen LogP) is 2.35. The van der Waals surface area contributed by atoms with Gasteiger partial charge in [-0.1, -0.05) is 12.1 Å². The Bertz CT molecular complexity index is 1220. The van der Waals surface area contributed by atoms with Crippen LogP contribution in [0.5, 0.6) is 0 Å². The zero-order valence-corrected chi connectivity index (χ0v) is 16.1. The first-order valence-electron chi connectivity index (χ1n) is 7.96. The maximum atomic E-state index is 13.3. The van der Waals surface area contributed by atoms with E-state index in [0.717, 1.165) is 13.2 Å². The van der Waals surface area contributed by atoms with Crippen LogP contribution in [0.25, 0.3) is 5.78 Å². The number of hydrogen-bond acceptors (Lipinski definition) is 7. The summed E-state index contributed by atoms with van der Waals surface area (Å²) >= 11 is 0. The maximum absolute atomic E-state index is 13.3. The third-order valence-electron chi connectivity index (χ3n) is 3.87. The van der Waals surface area contributed by atoms with Gasteiger partial charge in [-0.05, 0) is 31.5 Å². The molecule has 9 nitrogen and oxygen atoms in total. The van der Waals surface area contributed by atoms with E-state index in [1.807, 2.05) is 0 Å². The largest absolute Gasteiger partial charge is 0.465 e. The van der Waals surface area contributed by atoms with Crippen LogP contribution in [0.2, 0.25) is 0 Å². The van der Waals surface area contributed by atoms with Crippen molar-refractivity contribution in [3.63, 3.8) is 0 Å². The Balaban J connectivity index is 2.13. The first-order valence-corrected chi connectivity index (χ1v) is 9.44. The quantitative estimate of drug-likeness (QED) is 0.633. The highest BCUT2D eigenvalue weighted by atomic mass is 32.2. The average molecular weight is 429 g/mol. The van der Waals surface area contributed by atoms with Gasteiger partial charge in [-0.15, -0.1) is 5.10 Å². The van der Waals surface area contributed by atoms with E-state index in [0.29, 0.717) is 10.1 Å². The molecule has 0 unspecified atom stereocenters. The van der Waals surface area contributed by atoms with Gasteiger partial charge in [-0.2, -0.15) is 31.1 Å². The summed E-state index contributed by atoms with van der Waals surface area (Å²) in [5.74, 6) is -1.33. The van der Waals surface area contributed by atoms with Crippen molar-refractivity contribution in [3.8, 4) is 0 Å². The van der Waals surface area contributed by atoms with Crippen molar-refractivity contribution >= 4 is 27.5 Å². The highest BCUT2D eigenvalue weighted by molar-refractivity contribution is 7.92. The molecule has 3 rings (SSSR count). The maximum Gasteiger partial charge on any atom is 0.433 e. The molecule has 3 aromatic rings. The second kappa shape index (κ2) is 6.99. The number of nitrogens with zero attached hydrogens (tertiary/aromatic N) is 4. The van der Waals surface area contributed by atoms with E-state index in [1.54, 1.807) is 0 Å². The van der Waals surface area contributed by atoms with E-state index in [9.17, 15) is 26.4 Å². The molecule has 2 heterocycles. The number of para-hydroxylation sites is 1. The van der Waals surface area contributed by atoms with Crippen molar-refractivity contribution in [2.45, 2.75) is 25.2 Å². The zero-order chi connectivity index (χ0) is 21.6. The predicted molar refractivity (Wildman–Crippen MR) is 93.8 cm³/mol. The number of carbonyl (C=O) groups is 1. The van der Waals surface area contributed by atoms with Gasteiger partial charge in [0, 0.05) is 5.69 Å². The molecule has 0 radical (unpaired) electrons. The van der Waals surface area contributed by atoms with Crippen molar-refractivity contribution in [1.29, 1.82) is 0 Å². The van der Waals surface area contributed by atoms with Gasteiger partial charge in [0.2, 0.25) is 0 Å². The van der Waals surface area contributed by atoms with E-state index < -0.39 is 38.8 Å². The molecular formula is C16H14F3N5O4S. The molecule has 1 aromatic carbocycles. The molecule has 0 fully saturated rings. The lowest BCUT2D eigenvalue weighted by Crippen LogP contribution is -2.19. The molecule has 0 bridgehead atoms. The van der Waals surface area contributed by atoms with E-state index >= 15 is 0 Å². The fourth-order valence-electron chi connectivity index (χ4n) is 2.55. The molecule has 0 aliphatic carbocycles. The van der Waals surface area contributed by atoms with Crippen LogP contribution < -0.4 is 4.72 Å². The fourth-order valence-corrected chi connectivity index (χ4v) is 3.57. The number of sulfonamides is 1. The minimum absolute atomic E-state index is 0.0130. The number of anilines is 1. The first-order chi connectivity index (χ1) is 13.4. The Morgan fingerprint density at radius 2 is 1.90 bits per heavy atom. The van der Waals surface area contributed by atoms with Gasteiger partial charge < -0.3 is 4.74 Å². The number of ether oxygens (including phenoxy) is 1. The summed E-state index contributed by atoms with van der Waals surface area (Å²) in [4.78, 5) is 19.3. The van der Waals surface area contributed by atoms with Crippen LogP contribution in [-0.4, -0.2) is 41.1 Å². The van der Waals surface area contributed by atoms with Gasteiger partial charge in [0.15, 0.2) is 5.69 Å². The number of aromatic nitrogens is 4. The minimum atomic E-state index is -4.80. The topological polar surface area (TPSA) is 116 Å². The van der Waals surface area contributed by atoms with Gasteiger partial charge in [-0.25, -0.2) is 9.78 Å². The Morgan fingerprint density at radius 3 is 2.52 bits per heavy atom. The number of methoxy groups -OCH3 is 1. The van der Waals surface area contributed by atoms with E-state index in [4.69, 9.17) is 0 Å². The number of esters is 1. The van der Waals surface area contributed by atoms with Gasteiger partial charge >= 0.3 is 12.1 Å². The molecule has 0 aliphatic heterocycles. The number of benzene rings is 1. The Morgan fingerprint density at radius 1 is 1.21 bits per heavy atom. The number of alkyl halides is 3. The standard InChI is InChI=1S/C16H14F3N5O4S/c1-8-5-4-6-10(13(25)28-3)12(8)23-29(26,27)15-21-14-20-9(2)7-11(16(17,18)19)24(14)22-15/h4-7,23H,1-3H3. The second-order valence-electron chi connectivity index (χ2n) is 5.98. The highest BCUT2D eigenvalue weighted by Gasteiger charge is 2.36. The number of halogens is 3. The minimum Gasteiger partial charge on any atom is -0.465 e. The molecule has 0 aliphatic rings. The summed E-state index contributed by atoms with van der Waals surface area (Å²) in [6.07, 6.45) is -4.80. The van der Waals surface area contributed by atoms with Gasteiger partial charge in [0.1, 0.15) is 0 Å². The molecule has 13 heteroatoms. The average Bonchev–Trinajstić information content (AvgIpc) is 3.05. The molecule has 0 amide bonds. The third-order valence-corrected chi connectivity index (χ3v) is 4.99. The molecule has 154 valence electrons. The highest BCUT2D eigenvalue weighted by Crippen LogP contribution is 2.30. The van der Waals surface area contributed by atoms with E-state index in [2.05, 4.69) is 24.5 Å². The number of fused-ring (bicyclic) bond motifs is 1. The van der Waals surface area contributed by atoms with Crippen molar-refractivity contribution in [1.82, 2.24) is 19.6 Å². The molecule has 0 spiro atoms. The van der Waals surface area contributed by atoms with Crippen molar-refractivity contribution in [2.75, 3.05) is 11.8 Å². The lowest BCUT2D eigenvalue weighted by atomic mass is 10.1. The number of nitrogens with one attached hydrogen (secondary N) is 1. The van der Waals surface area contributed by atoms with E-state index in [1.165, 1.54) is 32.0 Å². The lowest BCUT2D eigenvalue weighted by Gasteiger charge is -2.12. The van der Waals surface area contributed by atoms with Crippen LogP contribution in [0.3, 0.4) is 0 Å². The number of hydrogen-bond donors (Lipinski definition) is 1. The molecule has 1 N–H and O–H groups in total. The normalized spacial score (nSPS) is 12.2. The van der Waals surface area contributed by atoms with Crippen molar-refractivity contribution < 1.29 is 31.1 Å². The summed E-state index contributed by atoms with van der Waals surface area (Å²) in [5, 5.41) is 2.54. The number of rotatable bonds is 4. The molecule has 29 heavy (non-hydrogen) atoms. The SMILES string of the molecule is COC(=O)c1cccc(C)c1NS(=O)(=O)c1nc2nc(C)cc(C(F)(F)F)n2n1. The van der Waals surface area contributed by atoms with Crippen LogP contribution in [-0.2, 0) is 20.9 Å². The van der Waals surface area contributed by atoms with Gasteiger partial charge in [-0.3, -0.25) is 4.72 Å². The third kappa shape index (κ3) is 3.85. The van der Waals surface area contributed by atoms with Crippen molar-refractivity contribution in [3.05, 3.63) is 46.8 Å². The molecule has 2 aromatic heterocycles. The van der Waals surface area contributed by atoms with Crippen LogP contribution in [0.1, 0.15) is 27.3 Å². The molecule has 0 saturated carbocycles. The summed E-state index contributed by atoms with van der Waals surface area (Å²) in [6, 6.07) is 5.11. The fraction of sp³-hybridized carbons (Fsp3) is 0.250. The summed E-state index contributed by atoms with van der Waals surface area (Å²) in [5.41, 5.74) is -1.03. The number of aryl methyl sites for hydroxylation is 2. The molecule has 0 saturated heterocycles.